The summed E-state index contributed by atoms with van der Waals surface area (Å²) in [6.07, 6.45) is 8.51. The van der Waals surface area contributed by atoms with Gasteiger partial charge in [0.05, 0.1) is 5.69 Å². The van der Waals surface area contributed by atoms with E-state index in [1.54, 1.807) is 0 Å². The van der Waals surface area contributed by atoms with Gasteiger partial charge in [-0.25, -0.2) is 0 Å². The highest BCUT2D eigenvalue weighted by Crippen LogP contribution is 2.36. The van der Waals surface area contributed by atoms with Gasteiger partial charge in [-0.3, -0.25) is 4.98 Å². The molecule has 2 aromatic rings. The first-order valence-corrected chi connectivity index (χ1v) is 8.71. The summed E-state index contributed by atoms with van der Waals surface area (Å²) in [4.78, 5) is 15.2. The average Bonchev–Trinajstić information content (AvgIpc) is 2.57. The number of pyridine rings is 1. The van der Waals surface area contributed by atoms with E-state index in [4.69, 9.17) is 0 Å². The molecule has 0 atom stereocenters. The molecule has 0 radical (unpaired) electrons. The summed E-state index contributed by atoms with van der Waals surface area (Å²) >= 11 is 3.46. The maximum Gasteiger partial charge on any atom is 0.120 e. The van der Waals surface area contributed by atoms with Gasteiger partial charge >= 0.3 is 0 Å². The summed E-state index contributed by atoms with van der Waals surface area (Å²) in [5.74, 6) is 1.21. The Morgan fingerprint density at radius 3 is 2.36 bits per heavy atom. The number of halogens is 1. The summed E-state index contributed by atoms with van der Waals surface area (Å²) in [7, 11) is 0. The van der Waals surface area contributed by atoms with Crippen molar-refractivity contribution in [3.8, 4) is 11.3 Å². The van der Waals surface area contributed by atoms with Crippen LogP contribution in [0.2, 0.25) is 0 Å². The van der Waals surface area contributed by atoms with Crippen LogP contribution >= 0.6 is 15.9 Å². The zero-order valence-electron chi connectivity index (χ0n) is 12.5. The lowest BCUT2D eigenvalue weighted by atomic mass is 9.78. The highest BCUT2D eigenvalue weighted by molar-refractivity contribution is 9.10. The normalized spacial score (nSPS) is 21.5. The molecular weight excluding hydrogens is 338 g/mol. The van der Waals surface area contributed by atoms with Gasteiger partial charge in [-0.05, 0) is 61.3 Å². The molecule has 2 nitrogen and oxygen atoms in total. The number of rotatable bonds is 4. The third kappa shape index (κ3) is 3.64. The Kier molecular flexibility index (Phi) is 5.04. The van der Waals surface area contributed by atoms with Crippen LogP contribution in [0, 0.1) is 5.92 Å². The number of hydrogen-bond donors (Lipinski definition) is 0. The van der Waals surface area contributed by atoms with Crippen LogP contribution in [0.15, 0.2) is 47.1 Å². The van der Waals surface area contributed by atoms with Gasteiger partial charge in [0.2, 0.25) is 0 Å². The van der Waals surface area contributed by atoms with Gasteiger partial charge in [0.1, 0.15) is 6.29 Å². The predicted octanol–water partition coefficient (Wildman–Crippen LogP) is 5.37. The van der Waals surface area contributed by atoms with Crippen molar-refractivity contribution in [2.24, 2.45) is 5.92 Å². The molecule has 114 valence electrons. The molecule has 0 N–H and O–H groups in total. The molecule has 0 amide bonds. The van der Waals surface area contributed by atoms with Crippen molar-refractivity contribution in [2.45, 2.75) is 38.0 Å². The smallest absolute Gasteiger partial charge is 0.120 e. The Morgan fingerprint density at radius 2 is 1.77 bits per heavy atom. The van der Waals surface area contributed by atoms with Crippen LogP contribution in [0.25, 0.3) is 11.3 Å². The molecule has 3 heteroatoms. The Balaban J connectivity index is 1.67. The molecular formula is C19H20BrNO. The minimum Gasteiger partial charge on any atom is -0.303 e. The van der Waals surface area contributed by atoms with Crippen molar-refractivity contribution in [3.05, 3.63) is 52.6 Å². The molecule has 1 aliphatic carbocycles. The van der Waals surface area contributed by atoms with E-state index >= 15 is 0 Å². The Labute approximate surface area is 140 Å². The zero-order chi connectivity index (χ0) is 15.4. The van der Waals surface area contributed by atoms with Gasteiger partial charge in [-0.1, -0.05) is 34.1 Å². The maximum absolute atomic E-state index is 10.6. The Bertz CT molecular complexity index is 613. The molecule has 0 aliphatic heterocycles. The first-order valence-electron chi connectivity index (χ1n) is 7.92. The number of aromatic nitrogens is 1. The van der Waals surface area contributed by atoms with E-state index in [2.05, 4.69) is 45.2 Å². The quantitative estimate of drug-likeness (QED) is 0.688. The SMILES string of the molecule is O=CCC1CCC(c2ccc(-c3ccc(Br)cc3)nc2)CC1. The van der Waals surface area contributed by atoms with Crippen LogP contribution in [-0.4, -0.2) is 11.3 Å². The molecule has 1 aliphatic rings. The van der Waals surface area contributed by atoms with Gasteiger partial charge < -0.3 is 4.79 Å². The van der Waals surface area contributed by atoms with Crippen LogP contribution < -0.4 is 0 Å². The second kappa shape index (κ2) is 7.19. The van der Waals surface area contributed by atoms with Gasteiger partial charge in [0.25, 0.3) is 0 Å². The van der Waals surface area contributed by atoms with Gasteiger partial charge in [0.15, 0.2) is 0 Å². The first kappa shape index (κ1) is 15.4. The lowest BCUT2D eigenvalue weighted by molar-refractivity contribution is -0.108. The van der Waals surface area contributed by atoms with Crippen LogP contribution in [0.3, 0.4) is 0 Å². The summed E-state index contributed by atoms with van der Waals surface area (Å²) in [5.41, 5.74) is 3.50. The summed E-state index contributed by atoms with van der Waals surface area (Å²) < 4.78 is 1.08. The lowest BCUT2D eigenvalue weighted by Crippen LogP contribution is -2.13. The summed E-state index contributed by atoms with van der Waals surface area (Å²) in [5, 5.41) is 0. The number of carbonyl (C=O) groups excluding carboxylic acids is 1. The van der Waals surface area contributed by atoms with E-state index in [-0.39, 0.29) is 0 Å². The van der Waals surface area contributed by atoms with Gasteiger partial charge in [0, 0.05) is 22.7 Å². The fourth-order valence-corrected chi connectivity index (χ4v) is 3.57. The number of nitrogens with zero attached hydrogens (tertiary/aromatic N) is 1. The second-order valence-corrected chi connectivity index (χ2v) is 7.02. The monoisotopic (exact) mass is 357 g/mol. The average molecular weight is 358 g/mol. The van der Waals surface area contributed by atoms with Crippen molar-refractivity contribution in [3.63, 3.8) is 0 Å². The lowest BCUT2D eigenvalue weighted by Gasteiger charge is -2.27. The molecule has 1 heterocycles. The number of benzene rings is 1. The minimum absolute atomic E-state index is 0.601. The van der Waals surface area contributed by atoms with Crippen LogP contribution in [0.1, 0.15) is 43.6 Å². The van der Waals surface area contributed by atoms with E-state index in [1.807, 2.05) is 18.3 Å². The third-order valence-corrected chi connectivity index (χ3v) is 5.20. The molecule has 3 rings (SSSR count). The Morgan fingerprint density at radius 1 is 1.05 bits per heavy atom. The van der Waals surface area contributed by atoms with Gasteiger partial charge in [-0.2, -0.15) is 0 Å². The zero-order valence-corrected chi connectivity index (χ0v) is 14.1. The van der Waals surface area contributed by atoms with E-state index < -0.39 is 0 Å². The molecule has 1 aromatic carbocycles. The van der Waals surface area contributed by atoms with Crippen molar-refractivity contribution in [1.29, 1.82) is 0 Å². The van der Waals surface area contributed by atoms with Crippen LogP contribution in [0.4, 0.5) is 0 Å². The van der Waals surface area contributed by atoms with E-state index in [0.717, 1.165) is 41.3 Å². The summed E-state index contributed by atoms with van der Waals surface area (Å²) in [6.45, 7) is 0. The fourth-order valence-electron chi connectivity index (χ4n) is 3.31. The largest absolute Gasteiger partial charge is 0.303 e. The molecule has 0 spiro atoms. The molecule has 0 bridgehead atoms. The van der Waals surface area contributed by atoms with Gasteiger partial charge in [-0.15, -0.1) is 0 Å². The predicted molar refractivity (Wildman–Crippen MR) is 92.8 cm³/mol. The summed E-state index contributed by atoms with van der Waals surface area (Å²) in [6, 6.07) is 12.6. The van der Waals surface area contributed by atoms with Crippen molar-refractivity contribution in [1.82, 2.24) is 4.98 Å². The Hall–Kier alpha value is -1.48. The second-order valence-electron chi connectivity index (χ2n) is 6.10. The highest BCUT2D eigenvalue weighted by Gasteiger charge is 2.22. The fraction of sp³-hybridized carbons (Fsp3) is 0.368. The maximum atomic E-state index is 10.6. The van der Waals surface area contributed by atoms with Crippen molar-refractivity contribution in [2.75, 3.05) is 0 Å². The minimum atomic E-state index is 0.601. The van der Waals surface area contributed by atoms with E-state index in [9.17, 15) is 4.79 Å². The van der Waals surface area contributed by atoms with E-state index in [1.165, 1.54) is 18.4 Å². The molecule has 1 aromatic heterocycles. The molecule has 0 saturated heterocycles. The highest BCUT2D eigenvalue weighted by atomic mass is 79.9. The standard InChI is InChI=1S/C19H20BrNO/c20-18-8-5-16(6-9-18)19-10-7-17(13-21-19)15-3-1-14(2-4-15)11-12-22/h5-10,12-15H,1-4,11H2. The first-order chi connectivity index (χ1) is 10.8. The van der Waals surface area contributed by atoms with E-state index in [0.29, 0.717) is 11.8 Å². The molecule has 1 fully saturated rings. The van der Waals surface area contributed by atoms with Crippen molar-refractivity contribution >= 4 is 22.2 Å². The van der Waals surface area contributed by atoms with Crippen LogP contribution in [-0.2, 0) is 4.79 Å². The number of carbonyl (C=O) groups is 1. The third-order valence-electron chi connectivity index (χ3n) is 4.67. The topological polar surface area (TPSA) is 30.0 Å². The number of hydrogen-bond acceptors (Lipinski definition) is 2. The molecule has 0 unspecified atom stereocenters. The van der Waals surface area contributed by atoms with Crippen molar-refractivity contribution < 1.29 is 4.79 Å². The van der Waals surface area contributed by atoms with Crippen LogP contribution in [0.5, 0.6) is 0 Å². The molecule has 1 saturated carbocycles. The molecule has 22 heavy (non-hydrogen) atoms. The number of aldehydes is 1.